The quantitative estimate of drug-likeness (QED) is 0.490. The lowest BCUT2D eigenvalue weighted by atomic mass is 10.1. The summed E-state index contributed by atoms with van der Waals surface area (Å²) in [6, 6.07) is 24.7. The Balaban J connectivity index is 1.66. The summed E-state index contributed by atoms with van der Waals surface area (Å²) in [7, 11) is 0. The van der Waals surface area contributed by atoms with Gasteiger partial charge in [0.1, 0.15) is 0 Å². The summed E-state index contributed by atoms with van der Waals surface area (Å²) in [5, 5.41) is 11.8. The van der Waals surface area contributed by atoms with Crippen LogP contribution in [0.25, 0.3) is 10.8 Å². The molecule has 0 radical (unpaired) electrons. The molecule has 0 fully saturated rings. The van der Waals surface area contributed by atoms with E-state index in [2.05, 4.69) is 40.7 Å². The van der Waals surface area contributed by atoms with Crippen molar-refractivity contribution in [3.63, 3.8) is 0 Å². The highest BCUT2D eigenvalue weighted by Crippen LogP contribution is 2.39. The smallest absolute Gasteiger partial charge is 0.232 e. The van der Waals surface area contributed by atoms with Crippen LogP contribution in [0.4, 0.5) is 0 Å². The molecule has 0 aliphatic heterocycles. The van der Waals surface area contributed by atoms with Gasteiger partial charge in [0.05, 0.1) is 0 Å². The van der Waals surface area contributed by atoms with Gasteiger partial charge < -0.3 is 4.52 Å². The second kappa shape index (κ2) is 6.48. The Morgan fingerprint density at radius 3 is 2.43 bits per heavy atom. The van der Waals surface area contributed by atoms with Crippen LogP contribution < -0.4 is 0 Å². The summed E-state index contributed by atoms with van der Waals surface area (Å²) in [5.41, 5.74) is 0. The lowest BCUT2D eigenvalue weighted by molar-refractivity contribution is 0.329. The summed E-state index contributed by atoms with van der Waals surface area (Å²) in [6.45, 7) is 0. The summed E-state index contributed by atoms with van der Waals surface area (Å²) in [6.07, 6.45) is 0. The molecule has 0 bridgehead atoms. The molecule has 1 heterocycles. The minimum atomic E-state index is 0.717. The third-order valence-corrected chi connectivity index (χ3v) is 5.47. The molecule has 0 saturated heterocycles. The van der Waals surface area contributed by atoms with Crippen molar-refractivity contribution in [3.05, 3.63) is 72.8 Å². The van der Waals surface area contributed by atoms with Crippen LogP contribution in [0.2, 0.25) is 0 Å². The molecule has 5 heteroatoms. The second-order valence-corrected chi connectivity index (χ2v) is 6.94. The van der Waals surface area contributed by atoms with Gasteiger partial charge in [-0.3, -0.25) is 0 Å². The standard InChI is InChI=1S/C18H12N2OS2/c1-2-9-14(10-3-1)22-18-17(19-20-21-18)23-16-12-6-8-13-7-4-5-11-15(13)16/h1-12H. The summed E-state index contributed by atoms with van der Waals surface area (Å²) in [5.74, 6) is 0. The van der Waals surface area contributed by atoms with E-state index >= 15 is 0 Å². The normalized spacial score (nSPS) is 11.0. The molecule has 0 N–H and O–H groups in total. The predicted octanol–water partition coefficient (Wildman–Crippen LogP) is 5.53. The molecule has 4 rings (SSSR count). The highest BCUT2D eigenvalue weighted by atomic mass is 32.2. The Hall–Kier alpha value is -2.24. The third-order valence-electron chi connectivity index (χ3n) is 3.34. The second-order valence-electron chi connectivity index (χ2n) is 4.86. The van der Waals surface area contributed by atoms with Crippen LogP contribution in [0, 0.1) is 0 Å². The van der Waals surface area contributed by atoms with Gasteiger partial charge in [0.2, 0.25) is 5.09 Å². The molecule has 0 saturated carbocycles. The van der Waals surface area contributed by atoms with Gasteiger partial charge in [0.15, 0.2) is 5.03 Å². The van der Waals surface area contributed by atoms with Crippen LogP contribution in [0.3, 0.4) is 0 Å². The van der Waals surface area contributed by atoms with E-state index in [-0.39, 0.29) is 0 Å². The number of nitrogens with zero attached hydrogens (tertiary/aromatic N) is 2. The molecule has 3 nitrogen and oxygen atoms in total. The van der Waals surface area contributed by atoms with E-state index in [1.165, 1.54) is 22.5 Å². The topological polar surface area (TPSA) is 38.9 Å². The molecule has 0 unspecified atom stereocenters. The number of benzene rings is 3. The van der Waals surface area contributed by atoms with Crippen molar-refractivity contribution in [2.75, 3.05) is 0 Å². The van der Waals surface area contributed by atoms with Crippen LogP contribution >= 0.6 is 23.5 Å². The van der Waals surface area contributed by atoms with Crippen molar-refractivity contribution in [2.45, 2.75) is 19.9 Å². The Kier molecular flexibility index (Phi) is 4.05. The molecule has 23 heavy (non-hydrogen) atoms. The summed E-state index contributed by atoms with van der Waals surface area (Å²) < 4.78 is 5.33. The van der Waals surface area contributed by atoms with Crippen molar-refractivity contribution in [3.8, 4) is 0 Å². The average molecular weight is 336 g/mol. The van der Waals surface area contributed by atoms with Crippen LogP contribution in [0.5, 0.6) is 0 Å². The zero-order valence-corrected chi connectivity index (χ0v) is 13.7. The summed E-state index contributed by atoms with van der Waals surface area (Å²) >= 11 is 3.11. The molecule has 0 aliphatic rings. The molecule has 112 valence electrons. The van der Waals surface area contributed by atoms with Crippen LogP contribution in [0.1, 0.15) is 0 Å². The van der Waals surface area contributed by atoms with E-state index in [4.69, 9.17) is 4.52 Å². The lowest BCUT2D eigenvalue weighted by Crippen LogP contribution is -1.80. The van der Waals surface area contributed by atoms with E-state index < -0.39 is 0 Å². The third kappa shape index (κ3) is 3.11. The molecule has 0 aliphatic carbocycles. The number of hydrogen-bond donors (Lipinski definition) is 0. The molecule has 1 aromatic heterocycles. The van der Waals surface area contributed by atoms with E-state index in [9.17, 15) is 0 Å². The van der Waals surface area contributed by atoms with Gasteiger partial charge in [-0.1, -0.05) is 66.4 Å². The van der Waals surface area contributed by atoms with Crippen molar-refractivity contribution in [1.82, 2.24) is 10.4 Å². The van der Waals surface area contributed by atoms with Crippen molar-refractivity contribution in [2.24, 2.45) is 0 Å². The first-order valence-corrected chi connectivity index (χ1v) is 8.74. The summed E-state index contributed by atoms with van der Waals surface area (Å²) in [4.78, 5) is 2.25. The number of aromatic nitrogens is 2. The van der Waals surface area contributed by atoms with Gasteiger partial charge in [-0.15, -0.1) is 5.10 Å². The molecule has 3 aromatic carbocycles. The molecule has 0 amide bonds. The Morgan fingerprint density at radius 1 is 0.739 bits per heavy atom. The van der Waals surface area contributed by atoms with E-state index in [0.29, 0.717) is 5.09 Å². The minimum absolute atomic E-state index is 0.717. The minimum Gasteiger partial charge on any atom is -0.329 e. The van der Waals surface area contributed by atoms with Crippen LogP contribution in [0.15, 0.2) is 97.2 Å². The first-order chi connectivity index (χ1) is 11.4. The monoisotopic (exact) mass is 336 g/mol. The van der Waals surface area contributed by atoms with Gasteiger partial charge in [0.25, 0.3) is 0 Å². The first-order valence-electron chi connectivity index (χ1n) is 7.11. The van der Waals surface area contributed by atoms with Crippen molar-refractivity contribution in [1.29, 1.82) is 0 Å². The van der Waals surface area contributed by atoms with Gasteiger partial charge in [-0.05, 0) is 40.7 Å². The fraction of sp³-hybridized carbons (Fsp3) is 0. The maximum Gasteiger partial charge on any atom is 0.232 e. The maximum absolute atomic E-state index is 5.33. The highest BCUT2D eigenvalue weighted by molar-refractivity contribution is 8.02. The van der Waals surface area contributed by atoms with Crippen LogP contribution in [-0.4, -0.2) is 10.4 Å². The Morgan fingerprint density at radius 2 is 1.52 bits per heavy atom. The molecular formula is C18H12N2OS2. The fourth-order valence-electron chi connectivity index (χ4n) is 2.28. The molecule has 4 aromatic rings. The Bertz CT molecular complexity index is 933. The van der Waals surface area contributed by atoms with Gasteiger partial charge in [-0.2, -0.15) is 0 Å². The van der Waals surface area contributed by atoms with E-state index in [1.807, 2.05) is 42.5 Å². The van der Waals surface area contributed by atoms with Gasteiger partial charge in [0, 0.05) is 15.1 Å². The lowest BCUT2D eigenvalue weighted by Gasteiger charge is -2.04. The van der Waals surface area contributed by atoms with Crippen molar-refractivity contribution < 1.29 is 4.52 Å². The zero-order valence-electron chi connectivity index (χ0n) is 12.0. The molecule has 0 spiro atoms. The number of hydrogen-bond acceptors (Lipinski definition) is 5. The van der Waals surface area contributed by atoms with Crippen molar-refractivity contribution >= 4 is 34.3 Å². The highest BCUT2D eigenvalue weighted by Gasteiger charge is 2.14. The largest absolute Gasteiger partial charge is 0.329 e. The predicted molar refractivity (Wildman–Crippen MR) is 92.9 cm³/mol. The number of rotatable bonds is 4. The number of fused-ring (bicyclic) bond motifs is 1. The van der Waals surface area contributed by atoms with E-state index in [1.54, 1.807) is 11.8 Å². The fourth-order valence-corrected chi connectivity index (χ4v) is 4.08. The Labute approximate surface area is 142 Å². The maximum atomic E-state index is 5.33. The zero-order chi connectivity index (χ0) is 15.5. The molecular weight excluding hydrogens is 324 g/mol. The van der Waals surface area contributed by atoms with Gasteiger partial charge in [-0.25, -0.2) is 0 Å². The molecule has 0 atom stereocenters. The van der Waals surface area contributed by atoms with Crippen LogP contribution in [-0.2, 0) is 0 Å². The first kappa shape index (κ1) is 14.4. The van der Waals surface area contributed by atoms with E-state index in [0.717, 1.165) is 14.8 Å². The SMILES string of the molecule is c1ccc(Sc2onnc2Sc2cccc3ccccc23)cc1. The van der Waals surface area contributed by atoms with Gasteiger partial charge >= 0.3 is 0 Å². The average Bonchev–Trinajstić information content (AvgIpc) is 3.03.